The lowest BCUT2D eigenvalue weighted by molar-refractivity contribution is -0.141. The molecule has 0 unspecified atom stereocenters. The molecular weight excluding hydrogens is 503 g/mol. The summed E-state index contributed by atoms with van der Waals surface area (Å²) in [5.41, 5.74) is 2.53. The van der Waals surface area contributed by atoms with Crippen LogP contribution in [0.3, 0.4) is 0 Å². The molecule has 2 atom stereocenters. The number of halogens is 3. The van der Waals surface area contributed by atoms with Crippen molar-refractivity contribution in [2.24, 2.45) is 0 Å². The molecule has 7 heteroatoms. The number of nitrogens with one attached hydrogen (secondary N) is 1. The van der Waals surface area contributed by atoms with Crippen LogP contribution in [0.2, 0.25) is 15.1 Å². The first-order valence-corrected chi connectivity index (χ1v) is 12.7. The van der Waals surface area contributed by atoms with Crippen LogP contribution in [0.15, 0.2) is 72.8 Å². The van der Waals surface area contributed by atoms with E-state index in [0.29, 0.717) is 21.5 Å². The first-order chi connectivity index (χ1) is 16.8. The molecule has 1 N–H and O–H groups in total. The van der Waals surface area contributed by atoms with E-state index in [1.54, 1.807) is 29.2 Å². The second-order valence-electron chi connectivity index (χ2n) is 8.60. The maximum atomic E-state index is 13.7. The standard InChI is InChI=1S/C28H29Cl3N2O2/c1-3-19(2)32-28(35)26(16-20-8-5-4-6-9-20)33(18-22-10-7-11-23(29)14-22)27(34)17-21-12-13-24(30)25(31)15-21/h4-15,19,26H,3,16-18H2,1-2H3,(H,32,35)/t19-,26+/m0/s1. The zero-order valence-electron chi connectivity index (χ0n) is 19.8. The maximum absolute atomic E-state index is 13.7. The third kappa shape index (κ3) is 7.99. The lowest BCUT2D eigenvalue weighted by Crippen LogP contribution is -2.52. The van der Waals surface area contributed by atoms with Gasteiger partial charge in [0.25, 0.3) is 0 Å². The summed E-state index contributed by atoms with van der Waals surface area (Å²) in [7, 11) is 0. The molecule has 35 heavy (non-hydrogen) atoms. The topological polar surface area (TPSA) is 49.4 Å². The van der Waals surface area contributed by atoms with Crippen LogP contribution in [0.25, 0.3) is 0 Å². The summed E-state index contributed by atoms with van der Waals surface area (Å²) in [6.07, 6.45) is 1.26. The van der Waals surface area contributed by atoms with Crippen molar-refractivity contribution in [2.45, 2.75) is 51.7 Å². The van der Waals surface area contributed by atoms with E-state index < -0.39 is 6.04 Å². The van der Waals surface area contributed by atoms with E-state index in [-0.39, 0.29) is 30.8 Å². The van der Waals surface area contributed by atoms with Crippen LogP contribution in [-0.2, 0) is 29.0 Å². The molecule has 0 aromatic heterocycles. The van der Waals surface area contributed by atoms with Gasteiger partial charge in [0.05, 0.1) is 16.5 Å². The molecule has 0 spiro atoms. The van der Waals surface area contributed by atoms with Crippen LogP contribution >= 0.6 is 34.8 Å². The Morgan fingerprint density at radius 2 is 1.57 bits per heavy atom. The fourth-order valence-electron chi connectivity index (χ4n) is 3.75. The Balaban J connectivity index is 1.98. The number of hydrogen-bond acceptors (Lipinski definition) is 2. The van der Waals surface area contributed by atoms with Gasteiger partial charge in [-0.15, -0.1) is 0 Å². The highest BCUT2D eigenvalue weighted by Crippen LogP contribution is 2.24. The lowest BCUT2D eigenvalue weighted by Gasteiger charge is -2.32. The maximum Gasteiger partial charge on any atom is 0.243 e. The van der Waals surface area contributed by atoms with Crippen molar-refractivity contribution in [3.8, 4) is 0 Å². The Morgan fingerprint density at radius 3 is 2.23 bits per heavy atom. The molecule has 0 aliphatic rings. The molecule has 0 aliphatic heterocycles. The van der Waals surface area contributed by atoms with Crippen LogP contribution in [0.1, 0.15) is 37.0 Å². The largest absolute Gasteiger partial charge is 0.352 e. The first kappa shape index (κ1) is 27.1. The number of carbonyl (C=O) groups excluding carboxylic acids is 2. The van der Waals surface area contributed by atoms with Crippen molar-refractivity contribution in [1.29, 1.82) is 0 Å². The monoisotopic (exact) mass is 530 g/mol. The van der Waals surface area contributed by atoms with E-state index in [2.05, 4.69) is 5.32 Å². The second-order valence-corrected chi connectivity index (χ2v) is 9.85. The average molecular weight is 532 g/mol. The van der Waals surface area contributed by atoms with Gasteiger partial charge < -0.3 is 10.2 Å². The summed E-state index contributed by atoms with van der Waals surface area (Å²) < 4.78 is 0. The molecular formula is C28H29Cl3N2O2. The summed E-state index contributed by atoms with van der Waals surface area (Å²) in [4.78, 5) is 28.9. The molecule has 3 aromatic carbocycles. The van der Waals surface area contributed by atoms with Crippen molar-refractivity contribution in [2.75, 3.05) is 0 Å². The SMILES string of the molecule is CC[C@H](C)NC(=O)[C@@H](Cc1ccccc1)N(Cc1cccc(Cl)c1)C(=O)Cc1ccc(Cl)c(Cl)c1. The lowest BCUT2D eigenvalue weighted by atomic mass is 10.0. The number of rotatable bonds is 10. The van der Waals surface area contributed by atoms with Gasteiger partial charge in [-0.25, -0.2) is 0 Å². The highest BCUT2D eigenvalue weighted by molar-refractivity contribution is 6.42. The zero-order valence-corrected chi connectivity index (χ0v) is 22.1. The highest BCUT2D eigenvalue weighted by atomic mass is 35.5. The van der Waals surface area contributed by atoms with Gasteiger partial charge in [-0.3, -0.25) is 9.59 Å². The summed E-state index contributed by atoms with van der Waals surface area (Å²) in [5.74, 6) is -0.378. The van der Waals surface area contributed by atoms with Gasteiger partial charge >= 0.3 is 0 Å². The molecule has 4 nitrogen and oxygen atoms in total. The van der Waals surface area contributed by atoms with Crippen LogP contribution in [0, 0.1) is 0 Å². The molecule has 0 saturated carbocycles. The van der Waals surface area contributed by atoms with Crippen LogP contribution in [0.5, 0.6) is 0 Å². The van der Waals surface area contributed by atoms with Gasteiger partial charge in [-0.05, 0) is 54.3 Å². The Labute approximate surface area is 222 Å². The normalized spacial score (nSPS) is 12.6. The van der Waals surface area contributed by atoms with Crippen molar-refractivity contribution in [3.05, 3.63) is 105 Å². The number of carbonyl (C=O) groups is 2. The van der Waals surface area contributed by atoms with Gasteiger partial charge in [0.1, 0.15) is 6.04 Å². The minimum atomic E-state index is -0.708. The van der Waals surface area contributed by atoms with E-state index in [1.165, 1.54) is 0 Å². The minimum Gasteiger partial charge on any atom is -0.352 e. The van der Waals surface area contributed by atoms with Crippen LogP contribution in [0.4, 0.5) is 0 Å². The fraction of sp³-hybridized carbons (Fsp3) is 0.286. The summed E-state index contributed by atoms with van der Waals surface area (Å²) >= 11 is 18.5. The molecule has 0 aliphatic carbocycles. The van der Waals surface area contributed by atoms with E-state index in [4.69, 9.17) is 34.8 Å². The summed E-state index contributed by atoms with van der Waals surface area (Å²) in [5, 5.41) is 4.45. The van der Waals surface area contributed by atoms with Gasteiger partial charge in [0.2, 0.25) is 11.8 Å². The molecule has 0 heterocycles. The number of amides is 2. The quantitative estimate of drug-likeness (QED) is 0.315. The Kier molecular flexibility index (Phi) is 10.0. The third-order valence-corrected chi connectivity index (χ3v) is 6.83. The number of benzene rings is 3. The third-order valence-electron chi connectivity index (χ3n) is 5.85. The summed E-state index contributed by atoms with van der Waals surface area (Å²) in [6, 6.07) is 21.4. The van der Waals surface area contributed by atoms with Gasteiger partial charge in [-0.1, -0.05) is 90.3 Å². The molecule has 0 fully saturated rings. The van der Waals surface area contributed by atoms with Crippen molar-refractivity contribution in [1.82, 2.24) is 10.2 Å². The predicted molar refractivity (Wildman–Crippen MR) is 144 cm³/mol. The van der Waals surface area contributed by atoms with E-state index in [1.807, 2.05) is 62.4 Å². The average Bonchev–Trinajstić information content (AvgIpc) is 2.84. The van der Waals surface area contributed by atoms with E-state index in [9.17, 15) is 9.59 Å². The van der Waals surface area contributed by atoms with E-state index in [0.717, 1.165) is 23.1 Å². The molecule has 3 aromatic rings. The molecule has 184 valence electrons. The summed E-state index contributed by atoms with van der Waals surface area (Å²) in [6.45, 7) is 4.21. The van der Waals surface area contributed by atoms with Gasteiger partial charge in [0.15, 0.2) is 0 Å². The minimum absolute atomic E-state index is 0.0148. The van der Waals surface area contributed by atoms with Crippen LogP contribution in [-0.4, -0.2) is 28.8 Å². The highest BCUT2D eigenvalue weighted by Gasteiger charge is 2.31. The van der Waals surface area contributed by atoms with Crippen molar-refractivity contribution < 1.29 is 9.59 Å². The van der Waals surface area contributed by atoms with Gasteiger partial charge in [-0.2, -0.15) is 0 Å². The molecule has 2 amide bonds. The molecule has 0 bridgehead atoms. The number of hydrogen-bond donors (Lipinski definition) is 1. The molecule has 0 saturated heterocycles. The Bertz CT molecular complexity index is 1150. The smallest absolute Gasteiger partial charge is 0.243 e. The van der Waals surface area contributed by atoms with Crippen molar-refractivity contribution in [3.63, 3.8) is 0 Å². The molecule has 0 radical (unpaired) electrons. The number of nitrogens with zero attached hydrogens (tertiary/aromatic N) is 1. The Morgan fingerprint density at radius 1 is 0.857 bits per heavy atom. The van der Waals surface area contributed by atoms with E-state index >= 15 is 0 Å². The van der Waals surface area contributed by atoms with Gasteiger partial charge in [0, 0.05) is 24.0 Å². The Hall–Kier alpha value is -2.53. The fourth-order valence-corrected chi connectivity index (χ4v) is 4.29. The predicted octanol–water partition coefficient (Wildman–Crippen LogP) is 6.74. The second kappa shape index (κ2) is 13.0. The zero-order chi connectivity index (χ0) is 25.4. The van der Waals surface area contributed by atoms with Crippen LogP contribution < -0.4 is 5.32 Å². The van der Waals surface area contributed by atoms with Crippen molar-refractivity contribution >= 4 is 46.6 Å². The molecule has 3 rings (SSSR count). The first-order valence-electron chi connectivity index (χ1n) is 11.6.